The van der Waals surface area contributed by atoms with Gasteiger partial charge in [-0.2, -0.15) is 0 Å². The maximum Gasteiger partial charge on any atom is 0.242 e. The highest BCUT2D eigenvalue weighted by molar-refractivity contribution is 5.88. The molecule has 4 N–H and O–H groups in total. The molecule has 0 spiro atoms. The lowest BCUT2D eigenvalue weighted by atomic mass is 9.99. The van der Waals surface area contributed by atoms with E-state index in [2.05, 4.69) is 10.6 Å². The van der Waals surface area contributed by atoms with Crippen LogP contribution >= 0.6 is 0 Å². The highest BCUT2D eigenvalue weighted by Crippen LogP contribution is 2.09. The summed E-state index contributed by atoms with van der Waals surface area (Å²) in [6.07, 6.45) is 2.30. The first-order chi connectivity index (χ1) is 8.46. The Bertz CT molecular complexity index is 267. The van der Waals surface area contributed by atoms with Crippen molar-refractivity contribution < 1.29 is 9.59 Å². The number of likely N-dealkylation sites (N-methyl/N-ethyl adjacent to an activating group) is 1. The number of nitrogens with two attached hydrogens (primary N) is 1. The molecule has 106 valence electrons. The molecule has 0 rings (SSSR count). The monoisotopic (exact) mass is 257 g/mol. The molecule has 2 atom stereocenters. The molecule has 0 aromatic rings. The molecule has 5 heteroatoms. The second kappa shape index (κ2) is 8.91. The Morgan fingerprint density at radius 1 is 1.22 bits per heavy atom. The number of nitrogens with one attached hydrogen (secondary N) is 2. The molecule has 0 saturated carbocycles. The van der Waals surface area contributed by atoms with Crippen molar-refractivity contribution in [2.45, 2.75) is 46.1 Å². The van der Waals surface area contributed by atoms with Crippen LogP contribution in [0.3, 0.4) is 0 Å². The Morgan fingerprint density at radius 3 is 2.22 bits per heavy atom. The molecule has 0 aliphatic heterocycles. The Hall–Kier alpha value is -1.10. The fourth-order valence-corrected chi connectivity index (χ4v) is 1.87. The van der Waals surface area contributed by atoms with E-state index in [-0.39, 0.29) is 17.7 Å². The van der Waals surface area contributed by atoms with Crippen molar-refractivity contribution in [1.82, 2.24) is 10.6 Å². The molecule has 18 heavy (non-hydrogen) atoms. The van der Waals surface area contributed by atoms with Crippen LogP contribution in [0.4, 0.5) is 0 Å². The first kappa shape index (κ1) is 16.9. The van der Waals surface area contributed by atoms with Gasteiger partial charge >= 0.3 is 0 Å². The molecule has 0 fully saturated rings. The van der Waals surface area contributed by atoms with Crippen LogP contribution in [0.2, 0.25) is 0 Å². The molecule has 5 nitrogen and oxygen atoms in total. The Morgan fingerprint density at radius 2 is 1.83 bits per heavy atom. The summed E-state index contributed by atoms with van der Waals surface area (Å²) in [6.45, 7) is 6.38. The average Bonchev–Trinajstić information content (AvgIpc) is 2.33. The lowest BCUT2D eigenvalue weighted by molar-refractivity contribution is -0.131. The molecule has 2 amide bonds. The van der Waals surface area contributed by atoms with E-state index in [1.165, 1.54) is 0 Å². The van der Waals surface area contributed by atoms with E-state index in [9.17, 15) is 9.59 Å². The molecule has 2 unspecified atom stereocenters. The first-order valence-electron chi connectivity index (χ1n) is 6.68. The molecule has 0 aliphatic rings. The molecule has 0 heterocycles. The fraction of sp³-hybridized carbons (Fsp3) is 0.846. The van der Waals surface area contributed by atoms with E-state index in [4.69, 9.17) is 5.73 Å². The van der Waals surface area contributed by atoms with Crippen LogP contribution in [0.5, 0.6) is 0 Å². The predicted octanol–water partition coefficient (Wildman–Crippen LogP) is 0.638. The Kier molecular flexibility index (Phi) is 8.37. The second-order valence-electron chi connectivity index (χ2n) is 5.03. The molecule has 0 aromatic carbocycles. The van der Waals surface area contributed by atoms with Gasteiger partial charge in [0.05, 0.1) is 5.92 Å². The van der Waals surface area contributed by atoms with Crippen LogP contribution in [0.1, 0.15) is 40.0 Å². The average molecular weight is 257 g/mol. The van der Waals surface area contributed by atoms with Crippen LogP contribution < -0.4 is 16.4 Å². The van der Waals surface area contributed by atoms with Gasteiger partial charge in [-0.1, -0.05) is 27.2 Å². The van der Waals surface area contributed by atoms with Crippen molar-refractivity contribution in [2.75, 3.05) is 13.6 Å². The summed E-state index contributed by atoms with van der Waals surface area (Å²) in [5, 5.41) is 5.38. The number of amides is 2. The van der Waals surface area contributed by atoms with Crippen molar-refractivity contribution in [3.8, 4) is 0 Å². The molecule has 0 aliphatic carbocycles. The molecular weight excluding hydrogens is 230 g/mol. The van der Waals surface area contributed by atoms with Gasteiger partial charge in [0.2, 0.25) is 11.8 Å². The van der Waals surface area contributed by atoms with E-state index in [0.717, 1.165) is 12.8 Å². The van der Waals surface area contributed by atoms with Gasteiger partial charge in [-0.05, 0) is 18.8 Å². The maximum atomic E-state index is 12.0. The number of rotatable bonds is 8. The minimum atomic E-state index is -0.464. The summed E-state index contributed by atoms with van der Waals surface area (Å²) in [7, 11) is 1.58. The summed E-state index contributed by atoms with van der Waals surface area (Å²) in [6, 6.07) is -0.464. The van der Waals surface area contributed by atoms with Crippen molar-refractivity contribution in [3.05, 3.63) is 0 Å². The summed E-state index contributed by atoms with van der Waals surface area (Å²) in [5.74, 6) is -0.123. The van der Waals surface area contributed by atoms with Crippen LogP contribution in [0.25, 0.3) is 0 Å². The summed E-state index contributed by atoms with van der Waals surface area (Å²) in [5.41, 5.74) is 5.58. The van der Waals surface area contributed by atoms with E-state index >= 15 is 0 Å². The molecule has 0 aromatic heterocycles. The van der Waals surface area contributed by atoms with E-state index in [0.29, 0.717) is 18.9 Å². The number of carbonyl (C=O) groups is 2. The standard InChI is InChI=1S/C13H27N3O2/c1-5-6-10(8-14)12(17)16-11(7-9(2)3)13(18)15-4/h9-11H,5-8,14H2,1-4H3,(H,15,18)(H,16,17). The van der Waals surface area contributed by atoms with E-state index in [1.807, 2.05) is 20.8 Å². The zero-order chi connectivity index (χ0) is 14.1. The van der Waals surface area contributed by atoms with Crippen molar-refractivity contribution in [1.29, 1.82) is 0 Å². The predicted molar refractivity (Wildman–Crippen MR) is 72.9 cm³/mol. The van der Waals surface area contributed by atoms with Gasteiger partial charge in [-0.15, -0.1) is 0 Å². The largest absolute Gasteiger partial charge is 0.357 e. The molecule has 0 bridgehead atoms. The fourth-order valence-electron chi connectivity index (χ4n) is 1.87. The molecule has 0 saturated heterocycles. The summed E-state index contributed by atoms with van der Waals surface area (Å²) in [4.78, 5) is 23.7. The molecule has 0 radical (unpaired) electrons. The lowest BCUT2D eigenvalue weighted by Gasteiger charge is -2.22. The van der Waals surface area contributed by atoms with Gasteiger partial charge < -0.3 is 16.4 Å². The SMILES string of the molecule is CCCC(CN)C(=O)NC(CC(C)C)C(=O)NC. The third-order valence-corrected chi connectivity index (χ3v) is 2.88. The van der Waals surface area contributed by atoms with Gasteiger partial charge in [-0.3, -0.25) is 9.59 Å². The van der Waals surface area contributed by atoms with Crippen molar-refractivity contribution in [3.63, 3.8) is 0 Å². The van der Waals surface area contributed by atoms with Crippen molar-refractivity contribution in [2.24, 2.45) is 17.6 Å². The number of carbonyl (C=O) groups excluding carboxylic acids is 2. The van der Waals surface area contributed by atoms with Crippen molar-refractivity contribution >= 4 is 11.8 Å². The Labute approximate surface area is 110 Å². The van der Waals surface area contributed by atoms with Gasteiger partial charge in [-0.25, -0.2) is 0 Å². The van der Waals surface area contributed by atoms with Crippen LogP contribution in [-0.2, 0) is 9.59 Å². The number of hydrogen-bond donors (Lipinski definition) is 3. The van der Waals surface area contributed by atoms with E-state index in [1.54, 1.807) is 7.05 Å². The third kappa shape index (κ3) is 6.00. The van der Waals surface area contributed by atoms with Crippen LogP contribution in [0, 0.1) is 11.8 Å². The minimum absolute atomic E-state index is 0.117. The Balaban J connectivity index is 4.55. The summed E-state index contributed by atoms with van der Waals surface area (Å²) < 4.78 is 0. The highest BCUT2D eigenvalue weighted by Gasteiger charge is 2.24. The second-order valence-corrected chi connectivity index (χ2v) is 5.03. The van der Waals surface area contributed by atoms with Crippen LogP contribution in [0.15, 0.2) is 0 Å². The van der Waals surface area contributed by atoms with Gasteiger partial charge in [0.25, 0.3) is 0 Å². The van der Waals surface area contributed by atoms with E-state index < -0.39 is 6.04 Å². The number of hydrogen-bond acceptors (Lipinski definition) is 3. The van der Waals surface area contributed by atoms with Gasteiger partial charge in [0, 0.05) is 13.6 Å². The zero-order valence-corrected chi connectivity index (χ0v) is 12.0. The lowest BCUT2D eigenvalue weighted by Crippen LogP contribution is -2.49. The smallest absolute Gasteiger partial charge is 0.242 e. The third-order valence-electron chi connectivity index (χ3n) is 2.88. The first-order valence-corrected chi connectivity index (χ1v) is 6.68. The zero-order valence-electron chi connectivity index (χ0n) is 12.0. The maximum absolute atomic E-state index is 12.0. The molecular formula is C13H27N3O2. The van der Waals surface area contributed by atoms with Gasteiger partial charge in [0.15, 0.2) is 0 Å². The normalized spacial score (nSPS) is 14.1. The van der Waals surface area contributed by atoms with Crippen LogP contribution in [-0.4, -0.2) is 31.4 Å². The minimum Gasteiger partial charge on any atom is -0.357 e. The quantitative estimate of drug-likeness (QED) is 0.596. The van der Waals surface area contributed by atoms with Gasteiger partial charge in [0.1, 0.15) is 6.04 Å². The summed E-state index contributed by atoms with van der Waals surface area (Å²) >= 11 is 0. The topological polar surface area (TPSA) is 84.2 Å². The highest BCUT2D eigenvalue weighted by atomic mass is 16.2.